The number of hydrogen-bond donors (Lipinski definition) is 1. The third kappa shape index (κ3) is 3.36. The molecule has 2 nitrogen and oxygen atoms in total. The van der Waals surface area contributed by atoms with Crippen molar-refractivity contribution in [1.29, 1.82) is 0 Å². The second-order valence-corrected chi connectivity index (χ2v) is 6.04. The number of nitrogens with zero attached hydrogens (tertiary/aromatic N) is 1. The lowest BCUT2D eigenvalue weighted by Crippen LogP contribution is -2.40. The van der Waals surface area contributed by atoms with Gasteiger partial charge in [0.25, 0.3) is 0 Å². The van der Waals surface area contributed by atoms with Crippen LogP contribution in [0.1, 0.15) is 38.3 Å². The molecule has 4 heteroatoms. The van der Waals surface area contributed by atoms with Crippen molar-refractivity contribution < 1.29 is 8.78 Å². The standard InChI is InChI=1S/C16H24F2N2/c1-11(2)12-5-7-20(8-6-12)16(10-19)13-3-4-14(17)15(18)9-13/h3-4,9,11-12,16H,5-8,10,19H2,1-2H3. The number of halogens is 2. The number of rotatable bonds is 4. The van der Waals surface area contributed by atoms with Crippen molar-refractivity contribution in [3.63, 3.8) is 0 Å². The van der Waals surface area contributed by atoms with Gasteiger partial charge in [0.1, 0.15) is 0 Å². The van der Waals surface area contributed by atoms with E-state index in [1.165, 1.54) is 12.1 Å². The van der Waals surface area contributed by atoms with Crippen LogP contribution in [0.2, 0.25) is 0 Å². The van der Waals surface area contributed by atoms with Crippen molar-refractivity contribution >= 4 is 0 Å². The summed E-state index contributed by atoms with van der Waals surface area (Å²) in [5, 5.41) is 0. The van der Waals surface area contributed by atoms with E-state index < -0.39 is 11.6 Å². The zero-order chi connectivity index (χ0) is 14.7. The highest BCUT2D eigenvalue weighted by Crippen LogP contribution is 2.30. The predicted molar refractivity (Wildman–Crippen MR) is 77.3 cm³/mol. The Morgan fingerprint density at radius 3 is 2.35 bits per heavy atom. The van der Waals surface area contributed by atoms with E-state index in [4.69, 9.17) is 5.73 Å². The molecule has 0 radical (unpaired) electrons. The normalized spacial score (nSPS) is 19.5. The molecule has 0 aliphatic carbocycles. The molecule has 1 aliphatic heterocycles. The minimum atomic E-state index is -0.803. The van der Waals surface area contributed by atoms with Crippen molar-refractivity contribution in [2.75, 3.05) is 19.6 Å². The summed E-state index contributed by atoms with van der Waals surface area (Å²) < 4.78 is 26.4. The highest BCUT2D eigenvalue weighted by atomic mass is 19.2. The zero-order valence-corrected chi connectivity index (χ0v) is 12.3. The summed E-state index contributed by atoms with van der Waals surface area (Å²) in [4.78, 5) is 2.30. The fourth-order valence-corrected chi connectivity index (χ4v) is 3.11. The van der Waals surface area contributed by atoms with Crippen molar-refractivity contribution in [3.8, 4) is 0 Å². The molecule has 1 aromatic rings. The molecule has 1 unspecified atom stereocenters. The van der Waals surface area contributed by atoms with Gasteiger partial charge in [0.2, 0.25) is 0 Å². The summed E-state index contributed by atoms with van der Waals surface area (Å²) in [7, 11) is 0. The minimum absolute atomic E-state index is 0.0155. The Morgan fingerprint density at radius 2 is 1.85 bits per heavy atom. The zero-order valence-electron chi connectivity index (χ0n) is 12.3. The Labute approximate surface area is 120 Å². The largest absolute Gasteiger partial charge is 0.329 e. The fraction of sp³-hybridized carbons (Fsp3) is 0.625. The molecule has 1 heterocycles. The molecule has 0 saturated carbocycles. The third-order valence-corrected chi connectivity index (χ3v) is 4.51. The predicted octanol–water partition coefficient (Wildman–Crippen LogP) is 3.33. The SMILES string of the molecule is CC(C)C1CCN(C(CN)c2ccc(F)c(F)c2)CC1. The van der Waals surface area contributed by atoms with Gasteiger partial charge in [0.15, 0.2) is 11.6 Å². The van der Waals surface area contributed by atoms with Crippen LogP contribution in [-0.2, 0) is 0 Å². The lowest BCUT2D eigenvalue weighted by molar-refractivity contribution is 0.117. The highest BCUT2D eigenvalue weighted by Gasteiger charge is 2.27. The van der Waals surface area contributed by atoms with Gasteiger partial charge in [-0.3, -0.25) is 4.90 Å². The molecule has 20 heavy (non-hydrogen) atoms. The Bertz CT molecular complexity index is 440. The first kappa shape index (κ1) is 15.4. The number of benzene rings is 1. The van der Waals surface area contributed by atoms with E-state index >= 15 is 0 Å². The van der Waals surface area contributed by atoms with Gasteiger partial charge in [-0.1, -0.05) is 19.9 Å². The average Bonchev–Trinajstić information content (AvgIpc) is 2.44. The average molecular weight is 282 g/mol. The van der Waals surface area contributed by atoms with Crippen LogP contribution in [0.4, 0.5) is 8.78 Å². The second-order valence-electron chi connectivity index (χ2n) is 6.04. The Balaban J connectivity index is 2.07. The third-order valence-electron chi connectivity index (χ3n) is 4.51. The monoisotopic (exact) mass is 282 g/mol. The van der Waals surface area contributed by atoms with E-state index in [0.717, 1.165) is 37.4 Å². The van der Waals surface area contributed by atoms with Crippen LogP contribution in [0.25, 0.3) is 0 Å². The van der Waals surface area contributed by atoms with Crippen LogP contribution < -0.4 is 5.73 Å². The molecular weight excluding hydrogens is 258 g/mol. The van der Waals surface area contributed by atoms with Gasteiger partial charge < -0.3 is 5.73 Å². The van der Waals surface area contributed by atoms with Crippen molar-refractivity contribution in [2.24, 2.45) is 17.6 Å². The number of nitrogens with two attached hydrogens (primary N) is 1. The Hall–Kier alpha value is -1.00. The highest BCUT2D eigenvalue weighted by molar-refractivity contribution is 5.22. The Morgan fingerprint density at radius 1 is 1.20 bits per heavy atom. The summed E-state index contributed by atoms with van der Waals surface area (Å²) in [6, 6.07) is 4.10. The quantitative estimate of drug-likeness (QED) is 0.918. The van der Waals surface area contributed by atoms with Gasteiger partial charge in [-0.05, 0) is 55.5 Å². The molecule has 0 aromatic heterocycles. The van der Waals surface area contributed by atoms with Crippen molar-refractivity contribution in [3.05, 3.63) is 35.4 Å². The van der Waals surface area contributed by atoms with E-state index in [1.807, 2.05) is 0 Å². The van der Waals surface area contributed by atoms with Gasteiger partial charge in [-0.25, -0.2) is 8.78 Å². The molecule has 0 spiro atoms. The Kier molecular flexibility index (Phi) is 5.11. The smallest absolute Gasteiger partial charge is 0.159 e. The van der Waals surface area contributed by atoms with Crippen LogP contribution >= 0.6 is 0 Å². The number of piperidine rings is 1. The van der Waals surface area contributed by atoms with E-state index in [9.17, 15) is 8.78 Å². The first-order valence-corrected chi connectivity index (χ1v) is 7.42. The number of likely N-dealkylation sites (tertiary alicyclic amines) is 1. The molecule has 1 aliphatic rings. The second kappa shape index (κ2) is 6.64. The lowest BCUT2D eigenvalue weighted by atomic mass is 9.86. The number of hydrogen-bond acceptors (Lipinski definition) is 2. The summed E-state index contributed by atoms with van der Waals surface area (Å²) in [5.74, 6) is -0.132. The molecule has 1 saturated heterocycles. The van der Waals surface area contributed by atoms with E-state index in [0.29, 0.717) is 12.5 Å². The first-order chi connectivity index (χ1) is 9.52. The molecule has 0 amide bonds. The maximum absolute atomic E-state index is 13.4. The fourth-order valence-electron chi connectivity index (χ4n) is 3.11. The summed E-state index contributed by atoms with van der Waals surface area (Å²) in [6.45, 7) is 6.90. The summed E-state index contributed by atoms with van der Waals surface area (Å²) >= 11 is 0. The maximum Gasteiger partial charge on any atom is 0.159 e. The molecule has 0 bridgehead atoms. The van der Waals surface area contributed by atoms with Crippen LogP contribution in [0, 0.1) is 23.5 Å². The molecule has 1 aromatic carbocycles. The van der Waals surface area contributed by atoms with E-state index in [1.54, 1.807) is 6.07 Å². The van der Waals surface area contributed by atoms with Gasteiger partial charge in [0, 0.05) is 12.6 Å². The van der Waals surface area contributed by atoms with Crippen molar-refractivity contribution in [1.82, 2.24) is 4.90 Å². The molecule has 2 rings (SSSR count). The van der Waals surface area contributed by atoms with Crippen LogP contribution in [0.5, 0.6) is 0 Å². The van der Waals surface area contributed by atoms with Crippen molar-refractivity contribution in [2.45, 2.75) is 32.7 Å². The lowest BCUT2D eigenvalue weighted by Gasteiger charge is -2.38. The van der Waals surface area contributed by atoms with Crippen LogP contribution in [0.3, 0.4) is 0 Å². The maximum atomic E-state index is 13.4. The summed E-state index contributed by atoms with van der Waals surface area (Å²) in [5.41, 5.74) is 6.63. The van der Waals surface area contributed by atoms with Gasteiger partial charge >= 0.3 is 0 Å². The van der Waals surface area contributed by atoms with E-state index in [2.05, 4.69) is 18.7 Å². The molecule has 1 fully saturated rings. The molecule has 1 atom stereocenters. The van der Waals surface area contributed by atoms with Gasteiger partial charge in [0.05, 0.1) is 0 Å². The van der Waals surface area contributed by atoms with Crippen LogP contribution in [0.15, 0.2) is 18.2 Å². The molecule has 2 N–H and O–H groups in total. The topological polar surface area (TPSA) is 29.3 Å². The minimum Gasteiger partial charge on any atom is -0.329 e. The molecule has 112 valence electrons. The van der Waals surface area contributed by atoms with Crippen LogP contribution in [-0.4, -0.2) is 24.5 Å². The van der Waals surface area contributed by atoms with Gasteiger partial charge in [-0.2, -0.15) is 0 Å². The first-order valence-electron chi connectivity index (χ1n) is 7.42. The summed E-state index contributed by atoms with van der Waals surface area (Å²) in [6.07, 6.45) is 2.30. The van der Waals surface area contributed by atoms with Gasteiger partial charge in [-0.15, -0.1) is 0 Å². The molecular formula is C16H24F2N2. The van der Waals surface area contributed by atoms with E-state index in [-0.39, 0.29) is 6.04 Å².